The van der Waals surface area contributed by atoms with Gasteiger partial charge < -0.3 is 9.47 Å². The average molecular weight is 415 g/mol. The SMILES string of the molecule is COc1ccc(-c2nc(C(=O)NNC(=O)C(C)Oc3ccccc3F)cs2)cc1. The van der Waals surface area contributed by atoms with Gasteiger partial charge in [0.15, 0.2) is 17.7 Å². The molecule has 0 saturated heterocycles. The smallest absolute Gasteiger partial charge is 0.289 e. The van der Waals surface area contributed by atoms with E-state index >= 15 is 0 Å². The Kier molecular flexibility index (Phi) is 6.40. The van der Waals surface area contributed by atoms with E-state index in [0.717, 1.165) is 11.3 Å². The molecule has 9 heteroatoms. The lowest BCUT2D eigenvalue weighted by Crippen LogP contribution is -2.47. The van der Waals surface area contributed by atoms with Crippen LogP contribution in [0.1, 0.15) is 17.4 Å². The molecule has 0 bridgehead atoms. The van der Waals surface area contributed by atoms with Gasteiger partial charge in [0.1, 0.15) is 16.5 Å². The molecule has 1 atom stereocenters. The number of methoxy groups -OCH3 is 1. The van der Waals surface area contributed by atoms with Gasteiger partial charge in [-0.2, -0.15) is 0 Å². The molecule has 29 heavy (non-hydrogen) atoms. The fourth-order valence-corrected chi connectivity index (χ4v) is 3.12. The number of carbonyl (C=O) groups is 2. The molecule has 0 saturated carbocycles. The van der Waals surface area contributed by atoms with E-state index in [2.05, 4.69) is 15.8 Å². The maximum Gasteiger partial charge on any atom is 0.289 e. The van der Waals surface area contributed by atoms with Crippen LogP contribution in [0.25, 0.3) is 10.6 Å². The van der Waals surface area contributed by atoms with Crippen molar-refractivity contribution in [3.05, 3.63) is 65.4 Å². The van der Waals surface area contributed by atoms with Gasteiger partial charge in [-0.15, -0.1) is 11.3 Å². The molecule has 1 aromatic heterocycles. The summed E-state index contributed by atoms with van der Waals surface area (Å²) in [5, 5.41) is 2.24. The second-order valence-corrected chi connectivity index (χ2v) is 6.76. The summed E-state index contributed by atoms with van der Waals surface area (Å²) in [6.45, 7) is 1.44. The van der Waals surface area contributed by atoms with E-state index in [9.17, 15) is 14.0 Å². The van der Waals surface area contributed by atoms with E-state index in [1.807, 2.05) is 12.1 Å². The molecule has 0 aliphatic carbocycles. The van der Waals surface area contributed by atoms with Crippen LogP contribution < -0.4 is 20.3 Å². The van der Waals surface area contributed by atoms with Gasteiger partial charge in [-0.1, -0.05) is 12.1 Å². The van der Waals surface area contributed by atoms with Crippen molar-refractivity contribution < 1.29 is 23.5 Å². The standard InChI is InChI=1S/C20H18FN3O4S/c1-12(28-17-6-4-3-5-15(17)21)18(25)23-24-19(26)16-11-29-20(22-16)13-7-9-14(27-2)10-8-13/h3-12H,1-2H3,(H,23,25)(H,24,26). The summed E-state index contributed by atoms with van der Waals surface area (Å²) in [5.74, 6) is -1.12. The third kappa shape index (κ3) is 5.08. The van der Waals surface area contributed by atoms with E-state index in [4.69, 9.17) is 9.47 Å². The summed E-state index contributed by atoms with van der Waals surface area (Å²) in [4.78, 5) is 28.6. The van der Waals surface area contributed by atoms with Crippen molar-refractivity contribution in [2.24, 2.45) is 0 Å². The van der Waals surface area contributed by atoms with Gasteiger partial charge in [0.05, 0.1) is 7.11 Å². The molecule has 0 radical (unpaired) electrons. The Morgan fingerprint density at radius 1 is 1.10 bits per heavy atom. The number of nitrogens with zero attached hydrogens (tertiary/aromatic N) is 1. The Bertz CT molecular complexity index is 1010. The van der Waals surface area contributed by atoms with E-state index in [1.165, 1.54) is 36.5 Å². The molecule has 3 rings (SSSR count). The summed E-state index contributed by atoms with van der Waals surface area (Å²) in [7, 11) is 1.58. The van der Waals surface area contributed by atoms with Crippen LogP contribution in [0.5, 0.6) is 11.5 Å². The second-order valence-electron chi connectivity index (χ2n) is 5.90. The summed E-state index contributed by atoms with van der Waals surface area (Å²) < 4.78 is 24.0. The molecule has 1 unspecified atom stereocenters. The van der Waals surface area contributed by atoms with Crippen LogP contribution >= 0.6 is 11.3 Å². The lowest BCUT2D eigenvalue weighted by atomic mass is 10.2. The molecular weight excluding hydrogens is 397 g/mol. The minimum absolute atomic E-state index is 0.0508. The molecule has 1 heterocycles. The minimum atomic E-state index is -1.02. The largest absolute Gasteiger partial charge is 0.497 e. The van der Waals surface area contributed by atoms with Gasteiger partial charge in [-0.25, -0.2) is 9.37 Å². The number of para-hydroxylation sites is 1. The minimum Gasteiger partial charge on any atom is -0.497 e. The molecule has 7 nitrogen and oxygen atoms in total. The maximum atomic E-state index is 13.6. The number of benzene rings is 2. The highest BCUT2D eigenvalue weighted by atomic mass is 32.1. The fourth-order valence-electron chi connectivity index (χ4n) is 2.31. The Hall–Kier alpha value is -3.46. The number of rotatable bonds is 6. The molecule has 0 fully saturated rings. The third-order valence-electron chi connectivity index (χ3n) is 3.88. The Labute approximate surface area is 170 Å². The highest BCUT2D eigenvalue weighted by molar-refractivity contribution is 7.13. The van der Waals surface area contributed by atoms with Crippen molar-refractivity contribution >= 4 is 23.2 Å². The molecule has 3 aromatic rings. The van der Waals surface area contributed by atoms with Crippen LogP contribution in [0.4, 0.5) is 4.39 Å². The third-order valence-corrected chi connectivity index (χ3v) is 4.77. The number of halogens is 1. The second kappa shape index (κ2) is 9.16. The van der Waals surface area contributed by atoms with Crippen LogP contribution in [0.15, 0.2) is 53.9 Å². The number of nitrogens with one attached hydrogen (secondary N) is 2. The molecule has 2 amide bonds. The number of aromatic nitrogens is 1. The number of ether oxygens (including phenoxy) is 2. The topological polar surface area (TPSA) is 89.5 Å². The maximum absolute atomic E-state index is 13.6. The van der Waals surface area contributed by atoms with Crippen LogP contribution in [-0.4, -0.2) is 30.0 Å². The quantitative estimate of drug-likeness (QED) is 0.604. The Morgan fingerprint density at radius 3 is 2.52 bits per heavy atom. The molecule has 0 aliphatic heterocycles. The molecule has 2 aromatic carbocycles. The van der Waals surface area contributed by atoms with E-state index < -0.39 is 23.7 Å². The first-order chi connectivity index (χ1) is 14.0. The van der Waals surface area contributed by atoms with Crippen molar-refractivity contribution in [3.8, 4) is 22.1 Å². The van der Waals surface area contributed by atoms with Gasteiger partial charge in [-0.05, 0) is 43.3 Å². The van der Waals surface area contributed by atoms with Gasteiger partial charge in [0, 0.05) is 10.9 Å². The number of carbonyl (C=O) groups excluding carboxylic acids is 2. The highest BCUT2D eigenvalue weighted by Gasteiger charge is 2.18. The zero-order valence-electron chi connectivity index (χ0n) is 15.6. The Morgan fingerprint density at radius 2 is 1.83 bits per heavy atom. The number of amides is 2. The first-order valence-electron chi connectivity index (χ1n) is 8.59. The summed E-state index contributed by atoms with van der Waals surface area (Å²) in [6.07, 6.45) is -1.02. The van der Waals surface area contributed by atoms with Gasteiger partial charge in [0.25, 0.3) is 11.8 Å². The van der Waals surface area contributed by atoms with Crippen LogP contribution in [0.3, 0.4) is 0 Å². The molecule has 0 spiro atoms. The summed E-state index contributed by atoms with van der Waals surface area (Å²) in [6, 6.07) is 13.0. The lowest BCUT2D eigenvalue weighted by molar-refractivity contribution is -0.128. The highest BCUT2D eigenvalue weighted by Crippen LogP contribution is 2.25. The number of thiazole rings is 1. The van der Waals surface area contributed by atoms with Gasteiger partial charge >= 0.3 is 0 Å². The van der Waals surface area contributed by atoms with Crippen molar-refractivity contribution in [2.45, 2.75) is 13.0 Å². The van der Waals surface area contributed by atoms with Gasteiger partial charge in [-0.3, -0.25) is 20.4 Å². The summed E-state index contributed by atoms with van der Waals surface area (Å²) in [5.41, 5.74) is 5.52. The van der Waals surface area contributed by atoms with E-state index in [-0.39, 0.29) is 11.4 Å². The van der Waals surface area contributed by atoms with Crippen LogP contribution in [0.2, 0.25) is 0 Å². The molecule has 0 aliphatic rings. The zero-order chi connectivity index (χ0) is 20.8. The lowest BCUT2D eigenvalue weighted by Gasteiger charge is -2.15. The monoisotopic (exact) mass is 415 g/mol. The first-order valence-corrected chi connectivity index (χ1v) is 9.47. The molecular formula is C20H18FN3O4S. The number of hydrazine groups is 1. The predicted octanol–water partition coefficient (Wildman–Crippen LogP) is 3.19. The average Bonchev–Trinajstić information content (AvgIpc) is 3.23. The zero-order valence-corrected chi connectivity index (χ0v) is 16.5. The van der Waals surface area contributed by atoms with Crippen LogP contribution in [-0.2, 0) is 4.79 Å². The van der Waals surface area contributed by atoms with Crippen molar-refractivity contribution in [1.82, 2.24) is 15.8 Å². The van der Waals surface area contributed by atoms with Crippen molar-refractivity contribution in [2.75, 3.05) is 7.11 Å². The van der Waals surface area contributed by atoms with E-state index in [0.29, 0.717) is 5.01 Å². The molecule has 2 N–H and O–H groups in total. The summed E-state index contributed by atoms with van der Waals surface area (Å²) >= 11 is 1.30. The van der Waals surface area contributed by atoms with E-state index in [1.54, 1.807) is 30.7 Å². The van der Waals surface area contributed by atoms with Crippen LogP contribution in [0, 0.1) is 5.82 Å². The normalized spacial score (nSPS) is 11.4. The fraction of sp³-hybridized carbons (Fsp3) is 0.150. The van der Waals surface area contributed by atoms with Crippen molar-refractivity contribution in [1.29, 1.82) is 0 Å². The number of hydrogen-bond acceptors (Lipinski definition) is 6. The molecule has 150 valence electrons. The predicted molar refractivity (Wildman–Crippen MR) is 106 cm³/mol. The van der Waals surface area contributed by atoms with Crippen molar-refractivity contribution in [3.63, 3.8) is 0 Å². The van der Waals surface area contributed by atoms with Gasteiger partial charge in [0.2, 0.25) is 0 Å². The Balaban J connectivity index is 1.55. The number of hydrogen-bond donors (Lipinski definition) is 2. The first kappa shape index (κ1) is 20.3.